The molecule has 3 rings (SSSR count). The largest absolute Gasteiger partial charge is 0.465 e. The Balaban J connectivity index is 1.85. The Morgan fingerprint density at radius 3 is 3.00 bits per heavy atom. The lowest BCUT2D eigenvalue weighted by molar-refractivity contribution is -0.154. The molecule has 2 bridgehead atoms. The van der Waals surface area contributed by atoms with Crippen molar-refractivity contribution in [1.82, 2.24) is 4.90 Å². The van der Waals surface area contributed by atoms with Gasteiger partial charge in [-0.25, -0.2) is 0 Å². The zero-order chi connectivity index (χ0) is 15.2. The quantitative estimate of drug-likeness (QED) is 0.569. The van der Waals surface area contributed by atoms with E-state index in [9.17, 15) is 9.59 Å². The van der Waals surface area contributed by atoms with Crippen molar-refractivity contribution in [2.45, 2.75) is 51.4 Å². The van der Waals surface area contributed by atoms with E-state index in [1.54, 1.807) is 0 Å². The number of amides is 1. The standard InChI is InChI=1S/C16H23NO4/c1-4-8-20-15(19)12-11-6-7-16(21-11)9-17(10(3)5-2)14(18)13(12)16/h6-7,10-13H,4-5,8-9H2,1-3H3/t10-,11-,12+,13-,16+/m0/s1. The van der Waals surface area contributed by atoms with Crippen LogP contribution in [0.15, 0.2) is 12.2 Å². The molecular formula is C16H23NO4. The van der Waals surface area contributed by atoms with Crippen LogP contribution in [0, 0.1) is 11.8 Å². The second kappa shape index (κ2) is 5.13. The summed E-state index contributed by atoms with van der Waals surface area (Å²) in [6, 6.07) is 0.167. The van der Waals surface area contributed by atoms with Crippen LogP contribution in [0.2, 0.25) is 0 Å². The van der Waals surface area contributed by atoms with Crippen LogP contribution in [0.1, 0.15) is 33.6 Å². The highest BCUT2D eigenvalue weighted by Crippen LogP contribution is 2.52. The summed E-state index contributed by atoms with van der Waals surface area (Å²) < 4.78 is 11.3. The highest BCUT2D eigenvalue weighted by molar-refractivity contribution is 5.91. The highest BCUT2D eigenvalue weighted by atomic mass is 16.6. The van der Waals surface area contributed by atoms with Crippen molar-refractivity contribution < 1.29 is 19.1 Å². The summed E-state index contributed by atoms with van der Waals surface area (Å²) in [6.07, 6.45) is 5.27. The number of ether oxygens (including phenoxy) is 2. The van der Waals surface area contributed by atoms with Gasteiger partial charge in [0.15, 0.2) is 0 Å². The lowest BCUT2D eigenvalue weighted by Crippen LogP contribution is -2.41. The number of carbonyl (C=O) groups excluding carboxylic acids is 2. The van der Waals surface area contributed by atoms with Gasteiger partial charge in [-0.05, 0) is 19.8 Å². The lowest BCUT2D eigenvalue weighted by atomic mass is 9.77. The number of rotatable bonds is 5. The Morgan fingerprint density at radius 1 is 1.57 bits per heavy atom. The Bertz CT molecular complexity index is 489. The zero-order valence-corrected chi connectivity index (χ0v) is 12.9. The number of fused-ring (bicyclic) bond motifs is 1. The van der Waals surface area contributed by atoms with Crippen LogP contribution in [-0.2, 0) is 19.1 Å². The third-order valence-corrected chi connectivity index (χ3v) is 4.97. The summed E-state index contributed by atoms with van der Waals surface area (Å²) in [7, 11) is 0. The molecule has 0 aromatic carbocycles. The predicted molar refractivity (Wildman–Crippen MR) is 76.4 cm³/mol. The van der Waals surface area contributed by atoms with Crippen LogP contribution in [0.4, 0.5) is 0 Å². The van der Waals surface area contributed by atoms with Crippen molar-refractivity contribution in [3.05, 3.63) is 12.2 Å². The molecule has 116 valence electrons. The van der Waals surface area contributed by atoms with Crippen LogP contribution < -0.4 is 0 Å². The van der Waals surface area contributed by atoms with E-state index in [1.807, 2.05) is 30.9 Å². The number of esters is 1. The second-order valence-electron chi connectivity index (χ2n) is 6.29. The van der Waals surface area contributed by atoms with E-state index in [-0.39, 0.29) is 24.0 Å². The van der Waals surface area contributed by atoms with Gasteiger partial charge >= 0.3 is 5.97 Å². The summed E-state index contributed by atoms with van der Waals surface area (Å²) in [4.78, 5) is 26.9. The molecule has 0 N–H and O–H groups in total. The molecule has 1 spiro atoms. The maximum atomic E-state index is 12.8. The number of likely N-dealkylation sites (tertiary alicyclic amines) is 1. The average Bonchev–Trinajstić information content (AvgIpc) is 3.12. The second-order valence-corrected chi connectivity index (χ2v) is 6.29. The van der Waals surface area contributed by atoms with Gasteiger partial charge < -0.3 is 14.4 Å². The molecule has 21 heavy (non-hydrogen) atoms. The van der Waals surface area contributed by atoms with E-state index < -0.39 is 17.4 Å². The molecule has 0 radical (unpaired) electrons. The smallest absolute Gasteiger partial charge is 0.312 e. The van der Waals surface area contributed by atoms with Gasteiger partial charge in [0, 0.05) is 6.04 Å². The molecule has 3 heterocycles. The summed E-state index contributed by atoms with van der Waals surface area (Å²) >= 11 is 0. The van der Waals surface area contributed by atoms with Gasteiger partial charge in [0.2, 0.25) is 5.91 Å². The molecule has 0 aromatic rings. The van der Waals surface area contributed by atoms with Crippen LogP contribution in [0.3, 0.4) is 0 Å². The number of hydrogen-bond acceptors (Lipinski definition) is 4. The molecule has 5 heteroatoms. The van der Waals surface area contributed by atoms with Crippen LogP contribution in [0.5, 0.6) is 0 Å². The van der Waals surface area contributed by atoms with Crippen molar-refractivity contribution in [3.63, 3.8) is 0 Å². The minimum atomic E-state index is -0.610. The maximum Gasteiger partial charge on any atom is 0.312 e. The van der Waals surface area contributed by atoms with Gasteiger partial charge in [-0.1, -0.05) is 26.0 Å². The Kier molecular flexibility index (Phi) is 3.56. The lowest BCUT2D eigenvalue weighted by Gasteiger charge is -2.26. The molecule has 2 fully saturated rings. The van der Waals surface area contributed by atoms with Gasteiger partial charge in [-0.15, -0.1) is 0 Å². The van der Waals surface area contributed by atoms with E-state index in [2.05, 4.69) is 6.92 Å². The first-order valence-corrected chi connectivity index (χ1v) is 7.88. The van der Waals surface area contributed by atoms with E-state index in [0.29, 0.717) is 13.2 Å². The molecule has 0 aromatic heterocycles. The first-order chi connectivity index (χ1) is 10.0. The van der Waals surface area contributed by atoms with Crippen molar-refractivity contribution in [2.24, 2.45) is 11.8 Å². The van der Waals surface area contributed by atoms with Crippen molar-refractivity contribution in [2.75, 3.05) is 13.2 Å². The summed E-state index contributed by atoms with van der Waals surface area (Å²) in [5, 5.41) is 0. The molecule has 5 atom stereocenters. The van der Waals surface area contributed by atoms with E-state index >= 15 is 0 Å². The first-order valence-electron chi connectivity index (χ1n) is 7.88. The molecule has 5 nitrogen and oxygen atoms in total. The summed E-state index contributed by atoms with van der Waals surface area (Å²) in [6.45, 7) is 7.00. The van der Waals surface area contributed by atoms with Crippen molar-refractivity contribution in [3.8, 4) is 0 Å². The van der Waals surface area contributed by atoms with Crippen LogP contribution >= 0.6 is 0 Å². The third kappa shape index (κ3) is 2.01. The van der Waals surface area contributed by atoms with Crippen molar-refractivity contribution in [1.29, 1.82) is 0 Å². The zero-order valence-electron chi connectivity index (χ0n) is 12.9. The normalized spacial score (nSPS) is 38.0. The molecule has 3 aliphatic rings. The van der Waals surface area contributed by atoms with Gasteiger partial charge in [0.1, 0.15) is 11.5 Å². The molecule has 0 aliphatic carbocycles. The Morgan fingerprint density at radius 2 is 2.33 bits per heavy atom. The van der Waals surface area contributed by atoms with Gasteiger partial charge in [0.25, 0.3) is 0 Å². The number of nitrogens with zero attached hydrogens (tertiary/aromatic N) is 1. The summed E-state index contributed by atoms with van der Waals surface area (Å²) in [5.74, 6) is -1.15. The van der Waals surface area contributed by atoms with E-state index in [0.717, 1.165) is 12.8 Å². The fourth-order valence-electron chi connectivity index (χ4n) is 3.69. The molecule has 0 unspecified atom stereocenters. The van der Waals surface area contributed by atoms with Gasteiger partial charge in [0.05, 0.1) is 25.2 Å². The summed E-state index contributed by atoms with van der Waals surface area (Å²) in [5.41, 5.74) is -0.610. The maximum absolute atomic E-state index is 12.8. The number of hydrogen-bond donors (Lipinski definition) is 0. The fraction of sp³-hybridized carbons (Fsp3) is 0.750. The number of carbonyl (C=O) groups is 2. The fourth-order valence-corrected chi connectivity index (χ4v) is 3.69. The highest BCUT2D eigenvalue weighted by Gasteiger charge is 2.67. The van der Waals surface area contributed by atoms with Crippen LogP contribution in [-0.4, -0.2) is 47.7 Å². The molecular weight excluding hydrogens is 270 g/mol. The minimum Gasteiger partial charge on any atom is -0.465 e. The molecule has 1 amide bonds. The molecule has 2 saturated heterocycles. The Labute approximate surface area is 125 Å². The minimum absolute atomic E-state index is 0.0367. The van der Waals surface area contributed by atoms with Crippen LogP contribution in [0.25, 0.3) is 0 Å². The SMILES string of the molecule is CCCOC(=O)[C@@H]1[C@@H]2C=C[C@]3(CN([C@@H](C)CC)C(=O)[C@H]13)O2. The van der Waals surface area contributed by atoms with E-state index in [4.69, 9.17) is 9.47 Å². The molecule has 3 aliphatic heterocycles. The first kappa shape index (κ1) is 14.6. The van der Waals surface area contributed by atoms with Gasteiger partial charge in [-0.3, -0.25) is 9.59 Å². The predicted octanol–water partition coefficient (Wildman–Crippen LogP) is 1.52. The van der Waals surface area contributed by atoms with Crippen molar-refractivity contribution >= 4 is 11.9 Å². The Hall–Kier alpha value is -1.36. The third-order valence-electron chi connectivity index (χ3n) is 4.97. The van der Waals surface area contributed by atoms with E-state index in [1.165, 1.54) is 0 Å². The topological polar surface area (TPSA) is 55.8 Å². The molecule has 0 saturated carbocycles. The average molecular weight is 293 g/mol. The van der Waals surface area contributed by atoms with Gasteiger partial charge in [-0.2, -0.15) is 0 Å². The monoisotopic (exact) mass is 293 g/mol.